The fourth-order valence-corrected chi connectivity index (χ4v) is 3.52. The minimum absolute atomic E-state index is 0.0511. The molecule has 1 aromatic carbocycles. The first-order chi connectivity index (χ1) is 10.4. The Balaban J connectivity index is 2.01. The standard InChI is InChI=1S/C15H25NO4S2/c1-13-8-4-5-9-15(13)20-11-7-3-6-10-16-14(2)12-21-22(17,18)19/h4-5,8-9,14,16H,3,6-7,10-12H2,1-2H3,(H,17,18,19). The molecule has 0 bridgehead atoms. The molecule has 0 aliphatic heterocycles. The van der Waals surface area contributed by atoms with Crippen LogP contribution in [0.2, 0.25) is 0 Å². The number of para-hydroxylation sites is 1. The lowest BCUT2D eigenvalue weighted by molar-refractivity contribution is 0.302. The van der Waals surface area contributed by atoms with Crippen LogP contribution in [-0.4, -0.2) is 37.9 Å². The van der Waals surface area contributed by atoms with Crippen LogP contribution in [0.3, 0.4) is 0 Å². The van der Waals surface area contributed by atoms with E-state index in [1.54, 1.807) is 0 Å². The first-order valence-electron chi connectivity index (χ1n) is 7.42. The van der Waals surface area contributed by atoms with Gasteiger partial charge in [0, 0.05) is 11.8 Å². The normalized spacial score (nSPS) is 13.0. The van der Waals surface area contributed by atoms with Crippen LogP contribution in [0.5, 0.6) is 5.75 Å². The average molecular weight is 348 g/mol. The minimum atomic E-state index is -3.93. The van der Waals surface area contributed by atoms with E-state index in [0.717, 1.165) is 37.1 Å². The molecule has 0 spiro atoms. The second-order valence-electron chi connectivity index (χ2n) is 5.24. The van der Waals surface area contributed by atoms with E-state index in [9.17, 15) is 8.42 Å². The minimum Gasteiger partial charge on any atom is -0.493 e. The van der Waals surface area contributed by atoms with Crippen molar-refractivity contribution < 1.29 is 17.7 Å². The van der Waals surface area contributed by atoms with Crippen LogP contribution in [0, 0.1) is 6.92 Å². The second-order valence-corrected chi connectivity index (χ2v) is 8.64. The van der Waals surface area contributed by atoms with Crippen molar-refractivity contribution >= 4 is 19.9 Å². The van der Waals surface area contributed by atoms with Crippen molar-refractivity contribution in [3.05, 3.63) is 29.8 Å². The molecule has 22 heavy (non-hydrogen) atoms. The van der Waals surface area contributed by atoms with E-state index < -0.39 is 9.15 Å². The predicted molar refractivity (Wildman–Crippen MR) is 92.0 cm³/mol. The molecule has 1 rings (SSSR count). The van der Waals surface area contributed by atoms with E-state index in [1.165, 1.54) is 0 Å². The Bertz CT molecular complexity index is 534. The molecular weight excluding hydrogens is 322 g/mol. The van der Waals surface area contributed by atoms with Crippen LogP contribution < -0.4 is 10.1 Å². The van der Waals surface area contributed by atoms with Crippen molar-refractivity contribution in [2.75, 3.05) is 18.9 Å². The number of benzene rings is 1. The molecule has 5 nitrogen and oxygen atoms in total. The Morgan fingerprint density at radius 3 is 2.68 bits per heavy atom. The first-order valence-corrected chi connectivity index (χ1v) is 10.4. The lowest BCUT2D eigenvalue weighted by Gasteiger charge is -2.12. The van der Waals surface area contributed by atoms with E-state index in [0.29, 0.717) is 23.2 Å². The number of ether oxygens (including phenoxy) is 1. The molecule has 0 radical (unpaired) electrons. The van der Waals surface area contributed by atoms with Crippen LogP contribution in [0.15, 0.2) is 24.3 Å². The predicted octanol–water partition coefficient (Wildman–Crippen LogP) is 3.06. The van der Waals surface area contributed by atoms with Crippen LogP contribution in [-0.2, 0) is 9.15 Å². The summed E-state index contributed by atoms with van der Waals surface area (Å²) in [5.74, 6) is 1.28. The third-order valence-electron chi connectivity index (χ3n) is 3.13. The highest BCUT2D eigenvalue weighted by molar-refractivity contribution is 8.69. The van der Waals surface area contributed by atoms with Gasteiger partial charge in [-0.05, 0) is 62.1 Å². The molecule has 0 aromatic heterocycles. The fraction of sp³-hybridized carbons (Fsp3) is 0.600. The summed E-state index contributed by atoms with van der Waals surface area (Å²) in [6, 6.07) is 8.03. The summed E-state index contributed by atoms with van der Waals surface area (Å²) < 4.78 is 35.6. The molecule has 0 saturated heterocycles. The number of aryl methyl sites for hydroxylation is 1. The summed E-state index contributed by atoms with van der Waals surface area (Å²) >= 11 is 0. The van der Waals surface area contributed by atoms with Gasteiger partial charge >= 0.3 is 9.15 Å². The third kappa shape index (κ3) is 9.30. The maximum absolute atomic E-state index is 10.6. The van der Waals surface area contributed by atoms with Gasteiger partial charge in [-0.25, -0.2) is 0 Å². The molecule has 2 N–H and O–H groups in total. The summed E-state index contributed by atoms with van der Waals surface area (Å²) in [5.41, 5.74) is 1.15. The van der Waals surface area contributed by atoms with Crippen molar-refractivity contribution in [3.8, 4) is 5.75 Å². The highest BCUT2D eigenvalue weighted by atomic mass is 33.1. The maximum atomic E-state index is 10.6. The Morgan fingerprint density at radius 2 is 2.00 bits per heavy atom. The molecule has 0 aliphatic rings. The molecule has 1 aromatic rings. The Morgan fingerprint density at radius 1 is 1.27 bits per heavy atom. The second kappa shape index (κ2) is 10.1. The number of hydrogen-bond donors (Lipinski definition) is 2. The van der Waals surface area contributed by atoms with E-state index in [4.69, 9.17) is 9.29 Å². The molecule has 0 heterocycles. The fourth-order valence-electron chi connectivity index (χ4n) is 1.90. The van der Waals surface area contributed by atoms with Gasteiger partial charge in [-0.15, -0.1) is 0 Å². The number of hydrogen-bond acceptors (Lipinski definition) is 5. The van der Waals surface area contributed by atoms with Gasteiger partial charge in [0.05, 0.1) is 6.61 Å². The van der Waals surface area contributed by atoms with Crippen molar-refractivity contribution in [2.45, 2.75) is 39.2 Å². The summed E-state index contributed by atoms with van der Waals surface area (Å²) in [5, 5.41) is 3.24. The van der Waals surface area contributed by atoms with Gasteiger partial charge in [0.2, 0.25) is 0 Å². The zero-order valence-corrected chi connectivity index (χ0v) is 14.8. The zero-order chi connectivity index (χ0) is 16.4. The van der Waals surface area contributed by atoms with E-state index >= 15 is 0 Å². The number of rotatable bonds is 11. The van der Waals surface area contributed by atoms with E-state index in [2.05, 4.69) is 5.32 Å². The quantitative estimate of drug-likeness (QED) is 0.364. The summed E-state index contributed by atoms with van der Waals surface area (Å²) in [6.45, 7) is 5.47. The molecule has 0 aliphatic carbocycles. The summed E-state index contributed by atoms with van der Waals surface area (Å²) in [6.07, 6.45) is 3.05. The largest absolute Gasteiger partial charge is 0.493 e. The van der Waals surface area contributed by atoms with Crippen molar-refractivity contribution in [2.24, 2.45) is 0 Å². The lowest BCUT2D eigenvalue weighted by Crippen LogP contribution is -2.29. The first kappa shape index (κ1) is 19.3. The molecule has 126 valence electrons. The molecule has 1 unspecified atom stereocenters. The highest BCUT2D eigenvalue weighted by Crippen LogP contribution is 2.16. The van der Waals surface area contributed by atoms with Gasteiger partial charge < -0.3 is 10.1 Å². The topological polar surface area (TPSA) is 75.6 Å². The highest BCUT2D eigenvalue weighted by Gasteiger charge is 2.09. The summed E-state index contributed by atoms with van der Waals surface area (Å²) in [7, 11) is -3.37. The third-order valence-corrected chi connectivity index (χ3v) is 5.37. The number of unbranched alkanes of at least 4 members (excludes halogenated alkanes) is 2. The SMILES string of the molecule is Cc1ccccc1OCCCCCNC(C)CSS(=O)(=O)O. The average Bonchev–Trinajstić information content (AvgIpc) is 2.45. The van der Waals surface area contributed by atoms with Crippen molar-refractivity contribution in [1.29, 1.82) is 0 Å². The summed E-state index contributed by atoms with van der Waals surface area (Å²) in [4.78, 5) is 0. The number of nitrogens with one attached hydrogen (secondary N) is 1. The Labute approximate surface area is 137 Å². The van der Waals surface area contributed by atoms with Gasteiger partial charge in [0.15, 0.2) is 0 Å². The molecule has 0 amide bonds. The molecular formula is C15H25NO4S2. The van der Waals surface area contributed by atoms with Gasteiger partial charge in [-0.2, -0.15) is 8.42 Å². The smallest absolute Gasteiger partial charge is 0.319 e. The maximum Gasteiger partial charge on any atom is 0.319 e. The molecule has 1 atom stereocenters. The van der Waals surface area contributed by atoms with Gasteiger partial charge in [-0.3, -0.25) is 4.55 Å². The van der Waals surface area contributed by atoms with Crippen molar-refractivity contribution in [3.63, 3.8) is 0 Å². The van der Waals surface area contributed by atoms with Crippen LogP contribution in [0.4, 0.5) is 0 Å². The van der Waals surface area contributed by atoms with Crippen LogP contribution in [0.1, 0.15) is 31.7 Å². The van der Waals surface area contributed by atoms with Gasteiger partial charge in [0.1, 0.15) is 5.75 Å². The van der Waals surface area contributed by atoms with E-state index in [-0.39, 0.29) is 6.04 Å². The molecule has 0 fully saturated rings. The Kier molecular flexibility index (Phi) is 8.85. The molecule has 7 heteroatoms. The lowest BCUT2D eigenvalue weighted by atomic mass is 10.2. The molecule has 0 saturated carbocycles. The van der Waals surface area contributed by atoms with Crippen LogP contribution >= 0.6 is 10.8 Å². The van der Waals surface area contributed by atoms with Gasteiger partial charge in [-0.1, -0.05) is 18.2 Å². The van der Waals surface area contributed by atoms with E-state index in [1.807, 2.05) is 38.1 Å². The van der Waals surface area contributed by atoms with Crippen LogP contribution in [0.25, 0.3) is 0 Å². The Hall–Kier alpha value is -0.760. The van der Waals surface area contributed by atoms with Gasteiger partial charge in [0.25, 0.3) is 0 Å². The van der Waals surface area contributed by atoms with Crippen molar-refractivity contribution in [1.82, 2.24) is 5.32 Å². The zero-order valence-electron chi connectivity index (χ0n) is 13.1. The monoisotopic (exact) mass is 347 g/mol.